The first-order chi connectivity index (χ1) is 28.9. The first-order valence-corrected chi connectivity index (χ1v) is 24.1. The third kappa shape index (κ3) is 28.2. The van der Waals surface area contributed by atoms with Gasteiger partial charge in [-0.2, -0.15) is 0 Å². The molecule has 60 heavy (non-hydrogen) atoms. The van der Waals surface area contributed by atoms with Gasteiger partial charge in [0.1, 0.15) is 43.2 Å². The van der Waals surface area contributed by atoms with E-state index in [9.17, 15) is 44.6 Å². The summed E-state index contributed by atoms with van der Waals surface area (Å²) in [6.07, 6.45) is 29.9. The Balaban J connectivity index is 2.53. The Labute approximate surface area is 360 Å². The molecule has 0 bridgehead atoms. The minimum absolute atomic E-state index is 0.0175. The molecular formula is C46H79O13P. The topological polar surface area (TPSA) is 210 Å². The molecule has 0 aromatic heterocycles. The van der Waals surface area contributed by atoms with E-state index in [1.54, 1.807) is 0 Å². The summed E-state index contributed by atoms with van der Waals surface area (Å²) in [5.74, 6) is -1.18. The van der Waals surface area contributed by atoms with E-state index in [1.165, 1.54) is 44.9 Å². The molecule has 14 heteroatoms. The van der Waals surface area contributed by atoms with Crippen molar-refractivity contribution in [3.05, 3.63) is 60.8 Å². The number of hydrogen-bond acceptors (Lipinski definition) is 12. The van der Waals surface area contributed by atoms with E-state index in [0.29, 0.717) is 19.3 Å². The number of ether oxygens (including phenoxy) is 2. The number of carbonyl (C=O) groups excluding carboxylic acids is 2. The van der Waals surface area contributed by atoms with Crippen LogP contribution in [0.2, 0.25) is 0 Å². The van der Waals surface area contributed by atoms with Crippen LogP contribution in [0.4, 0.5) is 0 Å². The van der Waals surface area contributed by atoms with Crippen molar-refractivity contribution < 1.29 is 63.1 Å². The summed E-state index contributed by atoms with van der Waals surface area (Å²) in [6.45, 7) is 3.19. The van der Waals surface area contributed by atoms with Crippen LogP contribution in [-0.4, -0.2) is 98.3 Å². The summed E-state index contributed by atoms with van der Waals surface area (Å²) in [5, 5.41) is 50.1. The van der Waals surface area contributed by atoms with Gasteiger partial charge in [-0.05, 0) is 77.0 Å². The Morgan fingerprint density at radius 2 is 0.917 bits per heavy atom. The molecule has 1 aliphatic rings. The lowest BCUT2D eigenvalue weighted by Crippen LogP contribution is -2.64. The molecule has 0 radical (unpaired) electrons. The lowest BCUT2D eigenvalue weighted by atomic mass is 9.85. The van der Waals surface area contributed by atoms with E-state index in [2.05, 4.69) is 62.5 Å². The van der Waals surface area contributed by atoms with Crippen molar-refractivity contribution in [1.82, 2.24) is 0 Å². The molecule has 1 saturated carbocycles. The monoisotopic (exact) mass is 871 g/mol. The minimum atomic E-state index is -5.13. The quantitative estimate of drug-likeness (QED) is 0.0151. The number of aliphatic hydroxyl groups excluding tert-OH is 5. The fourth-order valence-electron chi connectivity index (χ4n) is 6.39. The molecule has 1 rings (SSSR count). The van der Waals surface area contributed by atoms with Crippen LogP contribution in [0.15, 0.2) is 60.8 Å². The number of hydrogen-bond donors (Lipinski definition) is 6. The maximum atomic E-state index is 12.8. The lowest BCUT2D eigenvalue weighted by Gasteiger charge is -2.41. The molecule has 0 saturated heterocycles. The van der Waals surface area contributed by atoms with Crippen LogP contribution in [0.5, 0.6) is 0 Å². The highest BCUT2D eigenvalue weighted by molar-refractivity contribution is 7.47. The Morgan fingerprint density at radius 3 is 1.47 bits per heavy atom. The van der Waals surface area contributed by atoms with Crippen LogP contribution in [0, 0.1) is 0 Å². The number of rotatable bonds is 36. The van der Waals surface area contributed by atoms with Crippen LogP contribution in [0.3, 0.4) is 0 Å². The summed E-state index contributed by atoms with van der Waals surface area (Å²) < 4.78 is 33.4. The third-order valence-corrected chi connectivity index (χ3v) is 11.1. The molecule has 6 N–H and O–H groups in total. The second-order valence-corrected chi connectivity index (χ2v) is 16.9. The molecule has 0 aromatic carbocycles. The van der Waals surface area contributed by atoms with Crippen LogP contribution >= 0.6 is 7.82 Å². The number of esters is 2. The predicted octanol–water partition coefficient (Wildman–Crippen LogP) is 8.55. The molecule has 0 amide bonds. The molecule has 1 fully saturated rings. The maximum Gasteiger partial charge on any atom is 0.472 e. The second-order valence-electron chi connectivity index (χ2n) is 15.5. The smallest absolute Gasteiger partial charge is 0.462 e. The van der Waals surface area contributed by atoms with Crippen LogP contribution < -0.4 is 0 Å². The summed E-state index contributed by atoms with van der Waals surface area (Å²) in [7, 11) is -5.13. The summed E-state index contributed by atoms with van der Waals surface area (Å²) >= 11 is 0. The van der Waals surface area contributed by atoms with Gasteiger partial charge in [0.05, 0.1) is 6.61 Å². The molecule has 6 atom stereocenters. The molecule has 13 nitrogen and oxygen atoms in total. The maximum absolute atomic E-state index is 12.8. The predicted molar refractivity (Wildman–Crippen MR) is 235 cm³/mol. The zero-order valence-corrected chi connectivity index (χ0v) is 37.4. The van der Waals surface area contributed by atoms with Gasteiger partial charge in [0.15, 0.2) is 6.10 Å². The highest BCUT2D eigenvalue weighted by Crippen LogP contribution is 2.47. The number of phosphoric ester groups is 1. The largest absolute Gasteiger partial charge is 0.472 e. The van der Waals surface area contributed by atoms with Crippen molar-refractivity contribution in [2.75, 3.05) is 13.2 Å². The molecule has 0 aromatic rings. The molecule has 1 aliphatic carbocycles. The Kier molecular flexibility index (Phi) is 33.4. The van der Waals surface area contributed by atoms with Crippen LogP contribution in [-0.2, 0) is 32.7 Å². The van der Waals surface area contributed by atoms with E-state index >= 15 is 0 Å². The fourth-order valence-corrected chi connectivity index (χ4v) is 7.36. The van der Waals surface area contributed by atoms with Crippen molar-refractivity contribution in [3.63, 3.8) is 0 Å². The van der Waals surface area contributed by atoms with Crippen molar-refractivity contribution in [3.8, 4) is 0 Å². The molecule has 0 spiro atoms. The molecule has 346 valence electrons. The number of allylic oxidation sites excluding steroid dienone is 10. The van der Waals surface area contributed by atoms with Gasteiger partial charge in [-0.3, -0.25) is 18.6 Å². The highest BCUT2D eigenvalue weighted by Gasteiger charge is 2.51. The van der Waals surface area contributed by atoms with E-state index in [0.717, 1.165) is 70.6 Å². The number of phosphoric acid groups is 1. The minimum Gasteiger partial charge on any atom is -0.462 e. The average Bonchev–Trinajstić information content (AvgIpc) is 3.23. The van der Waals surface area contributed by atoms with E-state index in [1.807, 2.05) is 12.2 Å². The average molecular weight is 871 g/mol. The van der Waals surface area contributed by atoms with E-state index in [4.69, 9.17) is 18.5 Å². The van der Waals surface area contributed by atoms with Crippen molar-refractivity contribution >= 4 is 19.8 Å². The Morgan fingerprint density at radius 1 is 0.517 bits per heavy atom. The standard InChI is InChI=1S/C46H79O13P/c1-3-5-7-9-11-13-15-17-19-20-21-23-25-27-29-31-33-35-40(48)58-38(37-57-60(54,55)59-46-44(52)42(50)41(49)43(51)45(46)53)36-56-39(47)34-32-30-28-26-24-22-18-16-14-12-10-8-6-4-2/h11,13-14,16-17,19,21,23,27,29,38,41-46,49-53H,3-10,12,15,18,20,22,24-26,28,30-37H2,1-2H3,(H,54,55). The third-order valence-electron chi connectivity index (χ3n) is 10.1. The molecule has 0 heterocycles. The van der Waals surface area contributed by atoms with Gasteiger partial charge in [-0.15, -0.1) is 0 Å². The Bertz CT molecular complexity index is 1280. The van der Waals surface area contributed by atoms with Gasteiger partial charge in [0, 0.05) is 12.8 Å². The van der Waals surface area contributed by atoms with Gasteiger partial charge in [-0.1, -0.05) is 132 Å². The Hall–Kier alpha value is -2.45. The normalized spacial score (nSPS) is 22.7. The van der Waals surface area contributed by atoms with Crippen molar-refractivity contribution in [2.45, 2.75) is 204 Å². The van der Waals surface area contributed by atoms with Gasteiger partial charge >= 0.3 is 19.8 Å². The SMILES string of the molecule is CCCCCC=CCC=CCC=CCC=CCCCC(=O)OC(COC(=O)CCCCCCCCC=CCCCCCC)COP(=O)(O)OC1C(O)C(O)C(O)C(O)C1O. The molecular weight excluding hydrogens is 791 g/mol. The van der Waals surface area contributed by atoms with Crippen LogP contribution in [0.1, 0.15) is 162 Å². The van der Waals surface area contributed by atoms with E-state index in [-0.39, 0.29) is 12.8 Å². The fraction of sp³-hybridized carbons (Fsp3) is 0.739. The zero-order valence-electron chi connectivity index (χ0n) is 36.5. The zero-order chi connectivity index (χ0) is 44.3. The molecule has 0 aliphatic heterocycles. The number of unbranched alkanes of at least 4 members (excludes halogenated alkanes) is 14. The lowest BCUT2D eigenvalue weighted by molar-refractivity contribution is -0.220. The van der Waals surface area contributed by atoms with Gasteiger partial charge in [-0.25, -0.2) is 4.57 Å². The van der Waals surface area contributed by atoms with E-state index < -0.39 is 75.7 Å². The van der Waals surface area contributed by atoms with Gasteiger partial charge in [0.2, 0.25) is 0 Å². The summed E-state index contributed by atoms with van der Waals surface area (Å²) in [5.41, 5.74) is 0. The summed E-state index contributed by atoms with van der Waals surface area (Å²) in [4.78, 5) is 35.6. The first kappa shape index (κ1) is 55.6. The first-order valence-electron chi connectivity index (χ1n) is 22.6. The van der Waals surface area contributed by atoms with Crippen molar-refractivity contribution in [1.29, 1.82) is 0 Å². The van der Waals surface area contributed by atoms with Crippen molar-refractivity contribution in [2.24, 2.45) is 0 Å². The van der Waals surface area contributed by atoms with Gasteiger partial charge in [0.25, 0.3) is 0 Å². The summed E-state index contributed by atoms with van der Waals surface area (Å²) in [6, 6.07) is 0. The number of carbonyl (C=O) groups is 2. The van der Waals surface area contributed by atoms with Gasteiger partial charge < -0.3 is 39.9 Å². The number of aliphatic hydroxyl groups is 5. The molecule has 6 unspecified atom stereocenters. The highest BCUT2D eigenvalue weighted by atomic mass is 31.2. The van der Waals surface area contributed by atoms with Crippen LogP contribution in [0.25, 0.3) is 0 Å². The second kappa shape index (κ2) is 36.1.